The second-order valence-electron chi connectivity index (χ2n) is 5.27. The maximum absolute atomic E-state index is 14.3. The van der Waals surface area contributed by atoms with Crippen molar-refractivity contribution < 1.29 is 8.78 Å². The molecule has 21 heavy (non-hydrogen) atoms. The number of hydrogen-bond donors (Lipinski definition) is 1. The van der Waals surface area contributed by atoms with Crippen LogP contribution in [0, 0.1) is 11.6 Å². The largest absolute Gasteiger partial charge is 0.314 e. The van der Waals surface area contributed by atoms with Gasteiger partial charge in [0.2, 0.25) is 0 Å². The van der Waals surface area contributed by atoms with Gasteiger partial charge in [-0.1, -0.05) is 36.4 Å². The highest BCUT2D eigenvalue weighted by atomic mass is 19.1. The van der Waals surface area contributed by atoms with Crippen molar-refractivity contribution in [2.45, 2.75) is 6.04 Å². The zero-order chi connectivity index (χ0) is 14.7. The van der Waals surface area contributed by atoms with Gasteiger partial charge in [-0.3, -0.25) is 4.90 Å². The van der Waals surface area contributed by atoms with Crippen molar-refractivity contribution in [2.75, 3.05) is 26.2 Å². The third-order valence-corrected chi connectivity index (χ3v) is 3.89. The normalized spacial score (nSPS) is 17.6. The molecule has 0 amide bonds. The molecule has 0 bridgehead atoms. The van der Waals surface area contributed by atoms with Gasteiger partial charge in [0.05, 0.1) is 6.04 Å². The molecule has 0 radical (unpaired) electrons. The summed E-state index contributed by atoms with van der Waals surface area (Å²) in [5.41, 5.74) is 1.56. The minimum Gasteiger partial charge on any atom is -0.314 e. The van der Waals surface area contributed by atoms with E-state index >= 15 is 0 Å². The maximum atomic E-state index is 14.3. The van der Waals surface area contributed by atoms with E-state index in [-0.39, 0.29) is 6.04 Å². The monoisotopic (exact) mass is 288 g/mol. The van der Waals surface area contributed by atoms with Gasteiger partial charge in [0.15, 0.2) is 0 Å². The van der Waals surface area contributed by atoms with Crippen LogP contribution in [-0.4, -0.2) is 31.1 Å². The van der Waals surface area contributed by atoms with Gasteiger partial charge in [-0.15, -0.1) is 0 Å². The number of halogens is 2. The van der Waals surface area contributed by atoms with E-state index in [0.717, 1.165) is 37.8 Å². The molecule has 1 aliphatic heterocycles. The van der Waals surface area contributed by atoms with E-state index in [9.17, 15) is 8.78 Å². The van der Waals surface area contributed by atoms with Crippen LogP contribution in [0.15, 0.2) is 48.5 Å². The molecule has 1 fully saturated rings. The van der Waals surface area contributed by atoms with Crippen LogP contribution >= 0.6 is 0 Å². The molecule has 1 aliphatic rings. The molecule has 1 N–H and O–H groups in total. The molecule has 0 aromatic heterocycles. The molecule has 0 spiro atoms. The van der Waals surface area contributed by atoms with Gasteiger partial charge in [0.1, 0.15) is 11.6 Å². The van der Waals surface area contributed by atoms with Crippen LogP contribution in [0.4, 0.5) is 8.78 Å². The van der Waals surface area contributed by atoms with Gasteiger partial charge in [0.25, 0.3) is 0 Å². The molecule has 0 aliphatic carbocycles. The molecule has 1 heterocycles. The predicted molar refractivity (Wildman–Crippen MR) is 79.1 cm³/mol. The fourth-order valence-electron chi connectivity index (χ4n) is 2.89. The average Bonchev–Trinajstić information content (AvgIpc) is 2.52. The van der Waals surface area contributed by atoms with Crippen molar-refractivity contribution in [3.8, 4) is 0 Å². The fraction of sp³-hybridized carbons (Fsp3) is 0.294. The van der Waals surface area contributed by atoms with Crippen molar-refractivity contribution >= 4 is 0 Å². The molecule has 2 aromatic rings. The van der Waals surface area contributed by atoms with Crippen LogP contribution in [0.2, 0.25) is 0 Å². The van der Waals surface area contributed by atoms with Crippen molar-refractivity contribution in [1.29, 1.82) is 0 Å². The number of benzene rings is 2. The Hall–Kier alpha value is -1.78. The van der Waals surface area contributed by atoms with Crippen molar-refractivity contribution in [2.24, 2.45) is 0 Å². The molecule has 4 heteroatoms. The summed E-state index contributed by atoms with van der Waals surface area (Å²) < 4.78 is 27.5. The third-order valence-electron chi connectivity index (χ3n) is 3.89. The number of nitrogens with zero attached hydrogens (tertiary/aromatic N) is 1. The van der Waals surface area contributed by atoms with Crippen LogP contribution in [0.1, 0.15) is 17.2 Å². The summed E-state index contributed by atoms with van der Waals surface area (Å²) in [6.07, 6.45) is 0. The second kappa shape index (κ2) is 6.33. The van der Waals surface area contributed by atoms with Gasteiger partial charge in [-0.25, -0.2) is 8.78 Å². The zero-order valence-corrected chi connectivity index (χ0v) is 11.7. The Kier molecular flexibility index (Phi) is 4.27. The molecule has 2 nitrogen and oxygen atoms in total. The Labute approximate surface area is 123 Å². The number of piperazine rings is 1. The number of hydrogen-bond acceptors (Lipinski definition) is 2. The SMILES string of the molecule is Fc1ccc(C(c2ccccc2)N2CCNCC2)c(F)c1. The third kappa shape index (κ3) is 3.12. The van der Waals surface area contributed by atoms with Crippen LogP contribution in [0.3, 0.4) is 0 Å². The lowest BCUT2D eigenvalue weighted by Gasteiger charge is -2.35. The van der Waals surface area contributed by atoms with E-state index in [2.05, 4.69) is 10.2 Å². The van der Waals surface area contributed by atoms with Crippen LogP contribution < -0.4 is 5.32 Å². The van der Waals surface area contributed by atoms with E-state index in [1.807, 2.05) is 30.3 Å². The summed E-state index contributed by atoms with van der Waals surface area (Å²) in [7, 11) is 0. The summed E-state index contributed by atoms with van der Waals surface area (Å²) in [6.45, 7) is 3.45. The summed E-state index contributed by atoms with van der Waals surface area (Å²) in [5.74, 6) is -1.02. The Morgan fingerprint density at radius 1 is 0.952 bits per heavy atom. The summed E-state index contributed by atoms with van der Waals surface area (Å²) in [5, 5.41) is 3.30. The minimum atomic E-state index is -0.539. The topological polar surface area (TPSA) is 15.3 Å². The molecule has 2 aromatic carbocycles. The lowest BCUT2D eigenvalue weighted by molar-refractivity contribution is 0.195. The highest BCUT2D eigenvalue weighted by Gasteiger charge is 2.26. The van der Waals surface area contributed by atoms with Crippen molar-refractivity contribution in [3.63, 3.8) is 0 Å². The Balaban J connectivity index is 2.02. The summed E-state index contributed by atoms with van der Waals surface area (Å²) in [4.78, 5) is 2.24. The lowest BCUT2D eigenvalue weighted by Crippen LogP contribution is -2.45. The molecule has 3 rings (SSSR count). The number of nitrogens with one attached hydrogen (secondary N) is 1. The molecule has 1 unspecified atom stereocenters. The minimum absolute atomic E-state index is 0.172. The lowest BCUT2D eigenvalue weighted by atomic mass is 9.96. The first-order valence-corrected chi connectivity index (χ1v) is 7.20. The van der Waals surface area contributed by atoms with E-state index in [1.165, 1.54) is 6.07 Å². The van der Waals surface area contributed by atoms with Crippen molar-refractivity contribution in [1.82, 2.24) is 10.2 Å². The second-order valence-corrected chi connectivity index (χ2v) is 5.27. The first-order chi connectivity index (χ1) is 10.3. The van der Waals surface area contributed by atoms with E-state index < -0.39 is 11.6 Å². The molecule has 0 saturated carbocycles. The molecular formula is C17H18F2N2. The molecule has 1 saturated heterocycles. The van der Waals surface area contributed by atoms with Crippen molar-refractivity contribution in [3.05, 3.63) is 71.3 Å². The predicted octanol–water partition coefficient (Wildman–Crippen LogP) is 2.96. The van der Waals surface area contributed by atoms with E-state index in [4.69, 9.17) is 0 Å². The molecule has 110 valence electrons. The summed E-state index contributed by atoms with van der Waals surface area (Å²) in [6, 6.07) is 13.5. The highest BCUT2D eigenvalue weighted by Crippen LogP contribution is 2.30. The zero-order valence-electron chi connectivity index (χ0n) is 11.7. The van der Waals surface area contributed by atoms with Crippen LogP contribution in [-0.2, 0) is 0 Å². The number of rotatable bonds is 3. The maximum Gasteiger partial charge on any atom is 0.131 e. The van der Waals surface area contributed by atoms with Gasteiger partial charge < -0.3 is 5.32 Å². The molecule has 1 atom stereocenters. The van der Waals surface area contributed by atoms with Gasteiger partial charge in [-0.2, -0.15) is 0 Å². The molecular weight excluding hydrogens is 270 g/mol. The average molecular weight is 288 g/mol. The quantitative estimate of drug-likeness (QED) is 0.934. The fourth-order valence-corrected chi connectivity index (χ4v) is 2.89. The van der Waals surface area contributed by atoms with E-state index in [0.29, 0.717) is 5.56 Å². The Bertz CT molecular complexity index is 595. The summed E-state index contributed by atoms with van der Waals surface area (Å²) >= 11 is 0. The standard InChI is InChI=1S/C17H18F2N2/c18-14-6-7-15(16(19)12-14)17(13-4-2-1-3-5-13)21-10-8-20-9-11-21/h1-7,12,17,20H,8-11H2. The Morgan fingerprint density at radius 3 is 2.33 bits per heavy atom. The van der Waals surface area contributed by atoms with Gasteiger partial charge in [-0.05, 0) is 11.6 Å². The van der Waals surface area contributed by atoms with E-state index in [1.54, 1.807) is 6.07 Å². The van der Waals surface area contributed by atoms with Gasteiger partial charge >= 0.3 is 0 Å². The first kappa shape index (κ1) is 14.2. The Morgan fingerprint density at radius 2 is 1.67 bits per heavy atom. The van der Waals surface area contributed by atoms with Gasteiger partial charge in [0, 0.05) is 37.8 Å². The van der Waals surface area contributed by atoms with Crippen LogP contribution in [0.5, 0.6) is 0 Å². The highest BCUT2D eigenvalue weighted by molar-refractivity contribution is 5.33. The van der Waals surface area contributed by atoms with Crippen LogP contribution in [0.25, 0.3) is 0 Å². The first-order valence-electron chi connectivity index (χ1n) is 7.20. The smallest absolute Gasteiger partial charge is 0.131 e.